The molecule has 2 rings (SSSR count). The van der Waals surface area contributed by atoms with Crippen molar-refractivity contribution in [3.05, 3.63) is 33.4 Å². The minimum Gasteiger partial charge on any atom is -0.481 e. The van der Waals surface area contributed by atoms with E-state index in [1.54, 1.807) is 20.8 Å². The van der Waals surface area contributed by atoms with Gasteiger partial charge in [-0.05, 0) is 37.0 Å². The number of carbonyl (C=O) groups is 1. The van der Waals surface area contributed by atoms with Gasteiger partial charge in [0.25, 0.3) is 5.69 Å². The number of rotatable bonds is 4. The van der Waals surface area contributed by atoms with E-state index in [0.717, 1.165) is 4.31 Å². The van der Waals surface area contributed by atoms with Crippen molar-refractivity contribution >= 4 is 21.7 Å². The molecule has 0 spiro atoms. The molecule has 1 aromatic rings. The monoisotopic (exact) mass is 342 g/mol. The minimum atomic E-state index is -4.12. The van der Waals surface area contributed by atoms with Gasteiger partial charge in [-0.25, -0.2) is 8.42 Å². The molecular weight excluding hydrogens is 324 g/mol. The van der Waals surface area contributed by atoms with Gasteiger partial charge in [0.2, 0.25) is 10.0 Å². The van der Waals surface area contributed by atoms with Crippen LogP contribution in [-0.2, 0) is 14.8 Å². The molecule has 0 radical (unpaired) electrons. The SMILES string of the molecule is Cc1cc([N+](=O)[O-])c(S(=O)(=O)N2C[C@@H](C)[C@H](C(=O)O)C2)cc1C. The van der Waals surface area contributed by atoms with Crippen molar-refractivity contribution in [2.75, 3.05) is 13.1 Å². The third-order valence-corrected chi connectivity index (χ3v) is 6.15. The van der Waals surface area contributed by atoms with Crippen LogP contribution in [0.2, 0.25) is 0 Å². The van der Waals surface area contributed by atoms with Crippen molar-refractivity contribution in [2.45, 2.75) is 25.7 Å². The minimum absolute atomic E-state index is 0.0311. The molecule has 0 aliphatic carbocycles. The Balaban J connectivity index is 2.51. The Hall–Kier alpha value is -2.00. The quantitative estimate of drug-likeness (QED) is 0.655. The van der Waals surface area contributed by atoms with Gasteiger partial charge in [0.05, 0.1) is 10.8 Å². The Kier molecular flexibility index (Phi) is 4.45. The fourth-order valence-electron chi connectivity index (χ4n) is 2.70. The number of nitrogens with zero attached hydrogens (tertiary/aromatic N) is 2. The lowest BCUT2D eigenvalue weighted by molar-refractivity contribution is -0.387. The highest BCUT2D eigenvalue weighted by molar-refractivity contribution is 7.89. The molecule has 1 heterocycles. The largest absolute Gasteiger partial charge is 0.481 e. The lowest BCUT2D eigenvalue weighted by Crippen LogP contribution is -2.30. The number of carboxylic acid groups (broad SMARTS) is 1. The first-order valence-electron chi connectivity index (χ1n) is 7.04. The smallest absolute Gasteiger partial charge is 0.308 e. The zero-order chi connectivity index (χ0) is 17.5. The number of carboxylic acids is 1. The molecule has 0 bridgehead atoms. The van der Waals surface area contributed by atoms with Crippen LogP contribution >= 0.6 is 0 Å². The van der Waals surface area contributed by atoms with Gasteiger partial charge in [-0.1, -0.05) is 6.92 Å². The molecule has 1 aliphatic rings. The first-order chi connectivity index (χ1) is 10.6. The highest BCUT2D eigenvalue weighted by atomic mass is 32.2. The Morgan fingerprint density at radius 2 is 1.87 bits per heavy atom. The zero-order valence-electron chi connectivity index (χ0n) is 13.0. The van der Waals surface area contributed by atoms with Gasteiger partial charge < -0.3 is 5.11 Å². The third kappa shape index (κ3) is 3.06. The first-order valence-corrected chi connectivity index (χ1v) is 8.48. The Morgan fingerprint density at radius 3 is 2.35 bits per heavy atom. The van der Waals surface area contributed by atoms with Gasteiger partial charge in [0, 0.05) is 19.2 Å². The van der Waals surface area contributed by atoms with Crippen molar-refractivity contribution in [2.24, 2.45) is 11.8 Å². The second kappa shape index (κ2) is 5.89. The first kappa shape index (κ1) is 17.4. The van der Waals surface area contributed by atoms with Crippen LogP contribution in [0.5, 0.6) is 0 Å². The van der Waals surface area contributed by atoms with E-state index in [9.17, 15) is 23.3 Å². The molecular formula is C14H18N2O6S. The van der Waals surface area contributed by atoms with Crippen molar-refractivity contribution in [1.82, 2.24) is 4.31 Å². The molecule has 1 fully saturated rings. The fourth-order valence-corrected chi connectivity index (χ4v) is 4.49. The number of nitro benzene ring substituents is 1. The van der Waals surface area contributed by atoms with Crippen LogP contribution in [0, 0.1) is 35.8 Å². The van der Waals surface area contributed by atoms with E-state index >= 15 is 0 Å². The van der Waals surface area contributed by atoms with Crippen LogP contribution in [0.25, 0.3) is 0 Å². The second-order valence-electron chi connectivity index (χ2n) is 5.91. The average Bonchev–Trinajstić information content (AvgIpc) is 2.84. The molecule has 1 N–H and O–H groups in total. The van der Waals surface area contributed by atoms with Crippen LogP contribution in [0.4, 0.5) is 5.69 Å². The Bertz CT molecular complexity index is 774. The van der Waals surface area contributed by atoms with E-state index in [1.165, 1.54) is 12.1 Å². The topological polar surface area (TPSA) is 118 Å². The lowest BCUT2D eigenvalue weighted by atomic mass is 9.99. The highest BCUT2D eigenvalue weighted by Crippen LogP contribution is 2.34. The molecule has 2 atom stereocenters. The van der Waals surface area contributed by atoms with Gasteiger partial charge in [-0.15, -0.1) is 0 Å². The fraction of sp³-hybridized carbons (Fsp3) is 0.500. The summed E-state index contributed by atoms with van der Waals surface area (Å²) in [5.74, 6) is -2.23. The Labute approximate surface area is 133 Å². The summed E-state index contributed by atoms with van der Waals surface area (Å²) in [5, 5.41) is 20.3. The van der Waals surface area contributed by atoms with Crippen LogP contribution in [-0.4, -0.2) is 41.8 Å². The Morgan fingerprint density at radius 1 is 1.30 bits per heavy atom. The average molecular weight is 342 g/mol. The summed E-state index contributed by atoms with van der Waals surface area (Å²) < 4.78 is 26.6. The van der Waals surface area contributed by atoms with E-state index in [1.807, 2.05) is 0 Å². The summed E-state index contributed by atoms with van der Waals surface area (Å²) in [7, 11) is -4.12. The number of sulfonamides is 1. The van der Waals surface area contributed by atoms with Gasteiger partial charge >= 0.3 is 5.97 Å². The third-order valence-electron chi connectivity index (χ3n) is 4.29. The summed E-state index contributed by atoms with van der Waals surface area (Å²) in [5.41, 5.74) is 0.754. The van der Waals surface area contributed by atoms with Gasteiger partial charge in [0.15, 0.2) is 4.90 Å². The molecule has 1 saturated heterocycles. The summed E-state index contributed by atoms with van der Waals surface area (Å²) in [6.07, 6.45) is 0. The van der Waals surface area contributed by atoms with E-state index in [4.69, 9.17) is 5.11 Å². The molecule has 0 unspecified atom stereocenters. The van der Waals surface area contributed by atoms with Gasteiger partial charge in [0.1, 0.15) is 0 Å². The maximum absolute atomic E-state index is 12.8. The van der Waals surface area contributed by atoms with Crippen molar-refractivity contribution < 1.29 is 23.2 Å². The van der Waals surface area contributed by atoms with E-state index < -0.39 is 32.5 Å². The number of aryl methyl sites for hydroxylation is 2. The van der Waals surface area contributed by atoms with Crippen molar-refractivity contribution in [3.63, 3.8) is 0 Å². The number of hydrogen-bond donors (Lipinski definition) is 1. The predicted molar refractivity (Wildman–Crippen MR) is 81.6 cm³/mol. The number of aliphatic carboxylic acids is 1. The molecule has 9 heteroatoms. The van der Waals surface area contributed by atoms with Crippen LogP contribution in [0.3, 0.4) is 0 Å². The van der Waals surface area contributed by atoms with E-state index in [-0.39, 0.29) is 23.9 Å². The summed E-state index contributed by atoms with van der Waals surface area (Å²) >= 11 is 0. The molecule has 0 amide bonds. The molecule has 1 aromatic carbocycles. The second-order valence-corrected chi connectivity index (χ2v) is 7.81. The number of hydrogen-bond acceptors (Lipinski definition) is 5. The molecule has 1 aliphatic heterocycles. The zero-order valence-corrected chi connectivity index (χ0v) is 13.8. The number of nitro groups is 1. The molecule has 126 valence electrons. The van der Waals surface area contributed by atoms with E-state index in [0.29, 0.717) is 11.1 Å². The van der Waals surface area contributed by atoms with Gasteiger partial charge in [-0.3, -0.25) is 14.9 Å². The predicted octanol–water partition coefficient (Wildman–Crippen LogP) is 1.55. The molecule has 0 saturated carbocycles. The summed E-state index contributed by atoms with van der Waals surface area (Å²) in [6.45, 7) is 4.84. The molecule has 23 heavy (non-hydrogen) atoms. The van der Waals surface area contributed by atoms with Crippen LogP contribution in [0.1, 0.15) is 18.1 Å². The van der Waals surface area contributed by atoms with Gasteiger partial charge in [-0.2, -0.15) is 4.31 Å². The maximum atomic E-state index is 12.8. The maximum Gasteiger partial charge on any atom is 0.308 e. The van der Waals surface area contributed by atoms with Crippen molar-refractivity contribution in [3.8, 4) is 0 Å². The normalized spacial score (nSPS) is 22.2. The molecule has 0 aromatic heterocycles. The standard InChI is InChI=1S/C14H18N2O6S/c1-8-4-12(16(19)20)13(5-9(8)2)23(21,22)15-6-10(3)11(7-15)14(17)18/h4-5,10-11H,6-7H2,1-3H3,(H,17,18)/t10-,11-/m1/s1. The molecule has 8 nitrogen and oxygen atoms in total. The number of benzene rings is 1. The highest BCUT2D eigenvalue weighted by Gasteiger charge is 2.42. The van der Waals surface area contributed by atoms with E-state index in [2.05, 4.69) is 0 Å². The summed E-state index contributed by atoms with van der Waals surface area (Å²) in [4.78, 5) is 21.3. The van der Waals surface area contributed by atoms with Crippen LogP contribution < -0.4 is 0 Å². The van der Waals surface area contributed by atoms with Crippen LogP contribution in [0.15, 0.2) is 17.0 Å². The van der Waals surface area contributed by atoms with Crippen molar-refractivity contribution in [1.29, 1.82) is 0 Å². The lowest BCUT2D eigenvalue weighted by Gasteiger charge is -2.17. The summed E-state index contributed by atoms with van der Waals surface area (Å²) in [6, 6.07) is 2.51.